The van der Waals surface area contributed by atoms with Crippen LogP contribution in [-0.4, -0.2) is 37.2 Å². The van der Waals surface area contributed by atoms with Crippen molar-refractivity contribution in [3.8, 4) is 0 Å². The average molecular weight is 283 g/mol. The Kier molecular flexibility index (Phi) is 5.22. The van der Waals surface area contributed by atoms with E-state index in [2.05, 4.69) is 24.0 Å². The maximum atomic E-state index is 6.21. The van der Waals surface area contributed by atoms with Crippen molar-refractivity contribution in [3.63, 3.8) is 0 Å². The molecular weight excluding hydrogens is 260 g/mol. The Morgan fingerprint density at radius 3 is 2.63 bits per heavy atom. The summed E-state index contributed by atoms with van der Waals surface area (Å²) in [6.07, 6.45) is 2.62. The van der Waals surface area contributed by atoms with Gasteiger partial charge < -0.3 is 10.5 Å². The zero-order valence-electron chi connectivity index (χ0n) is 11.7. The first kappa shape index (κ1) is 14.8. The number of nitrogens with two attached hydrogens (primary N) is 1. The quantitative estimate of drug-likeness (QED) is 0.923. The Hall–Kier alpha value is -0.610. The van der Waals surface area contributed by atoms with Gasteiger partial charge in [-0.3, -0.25) is 4.90 Å². The van der Waals surface area contributed by atoms with Crippen LogP contribution in [0.25, 0.3) is 0 Å². The Bertz CT molecular complexity index is 394. The second-order valence-corrected chi connectivity index (χ2v) is 5.79. The van der Waals surface area contributed by atoms with Gasteiger partial charge in [0.15, 0.2) is 0 Å². The molecule has 1 aromatic carbocycles. The third-order valence-electron chi connectivity index (χ3n) is 3.85. The molecule has 106 valence electrons. The normalized spacial score (nSPS) is 24.1. The maximum Gasteiger partial charge on any atom is 0.0698 e. The average Bonchev–Trinajstić information content (AvgIpc) is 2.41. The van der Waals surface area contributed by atoms with Gasteiger partial charge in [0.1, 0.15) is 0 Å². The van der Waals surface area contributed by atoms with E-state index in [9.17, 15) is 0 Å². The Balaban J connectivity index is 2.17. The van der Waals surface area contributed by atoms with E-state index >= 15 is 0 Å². The second-order valence-electron chi connectivity index (χ2n) is 5.35. The summed E-state index contributed by atoms with van der Waals surface area (Å²) in [5.74, 6) is 0. The number of nitrogens with zero attached hydrogens (tertiary/aromatic N) is 1. The molecule has 0 saturated carbocycles. The van der Waals surface area contributed by atoms with Crippen LogP contribution in [0.4, 0.5) is 0 Å². The molecule has 2 rings (SSSR count). The molecule has 1 heterocycles. The SMILES string of the molecule is COC1CCCN(C(c2ccc(Cl)cc2)C(C)N)C1. The van der Waals surface area contributed by atoms with Gasteiger partial charge in [0.2, 0.25) is 0 Å². The molecule has 3 unspecified atom stereocenters. The number of rotatable bonds is 4. The number of methoxy groups -OCH3 is 1. The highest BCUT2D eigenvalue weighted by Crippen LogP contribution is 2.28. The lowest BCUT2D eigenvalue weighted by Gasteiger charge is -2.39. The largest absolute Gasteiger partial charge is 0.380 e. The van der Waals surface area contributed by atoms with Crippen LogP contribution in [0.5, 0.6) is 0 Å². The van der Waals surface area contributed by atoms with Gasteiger partial charge in [0, 0.05) is 30.8 Å². The van der Waals surface area contributed by atoms with Crippen LogP contribution in [0, 0.1) is 0 Å². The lowest BCUT2D eigenvalue weighted by atomic mass is 9.96. The fourth-order valence-electron chi connectivity index (χ4n) is 2.92. The number of ether oxygens (including phenoxy) is 1. The van der Waals surface area contributed by atoms with E-state index in [1.165, 1.54) is 5.56 Å². The van der Waals surface area contributed by atoms with Crippen LogP contribution in [-0.2, 0) is 4.74 Å². The van der Waals surface area contributed by atoms with Crippen molar-refractivity contribution in [2.24, 2.45) is 5.73 Å². The predicted molar refractivity (Wildman–Crippen MR) is 79.4 cm³/mol. The Morgan fingerprint density at radius 2 is 2.05 bits per heavy atom. The van der Waals surface area contributed by atoms with E-state index in [-0.39, 0.29) is 12.1 Å². The number of piperidine rings is 1. The van der Waals surface area contributed by atoms with Gasteiger partial charge in [0.05, 0.1) is 6.10 Å². The van der Waals surface area contributed by atoms with Crippen molar-refractivity contribution in [2.45, 2.75) is 38.0 Å². The third kappa shape index (κ3) is 3.69. The first-order valence-electron chi connectivity index (χ1n) is 6.89. The lowest BCUT2D eigenvalue weighted by molar-refractivity contribution is 0.0103. The van der Waals surface area contributed by atoms with Gasteiger partial charge in [-0.15, -0.1) is 0 Å². The third-order valence-corrected chi connectivity index (χ3v) is 4.10. The van der Waals surface area contributed by atoms with Gasteiger partial charge in [-0.1, -0.05) is 23.7 Å². The van der Waals surface area contributed by atoms with E-state index < -0.39 is 0 Å². The summed E-state index contributed by atoms with van der Waals surface area (Å²) in [6, 6.07) is 8.33. The van der Waals surface area contributed by atoms with Crippen molar-refractivity contribution in [1.29, 1.82) is 0 Å². The smallest absolute Gasteiger partial charge is 0.0698 e. The molecule has 1 saturated heterocycles. The monoisotopic (exact) mass is 282 g/mol. The van der Waals surface area contributed by atoms with Crippen LogP contribution in [0.2, 0.25) is 5.02 Å². The van der Waals surface area contributed by atoms with Crippen molar-refractivity contribution < 1.29 is 4.74 Å². The minimum absolute atomic E-state index is 0.0804. The van der Waals surface area contributed by atoms with Crippen LogP contribution in [0.3, 0.4) is 0 Å². The molecule has 1 aromatic rings. The number of halogens is 1. The molecule has 0 amide bonds. The molecule has 0 bridgehead atoms. The summed E-state index contributed by atoms with van der Waals surface area (Å²) in [5, 5.41) is 0.764. The predicted octanol–water partition coefficient (Wildman–Crippen LogP) is 2.84. The minimum Gasteiger partial charge on any atom is -0.380 e. The van der Waals surface area contributed by atoms with E-state index in [4.69, 9.17) is 22.1 Å². The maximum absolute atomic E-state index is 6.21. The Labute approximate surface area is 120 Å². The highest BCUT2D eigenvalue weighted by molar-refractivity contribution is 6.30. The number of hydrogen-bond acceptors (Lipinski definition) is 3. The number of hydrogen-bond donors (Lipinski definition) is 1. The zero-order valence-corrected chi connectivity index (χ0v) is 12.4. The number of likely N-dealkylation sites (tertiary alicyclic amines) is 1. The molecule has 0 spiro atoms. The molecule has 3 atom stereocenters. The molecule has 0 aliphatic carbocycles. The Morgan fingerprint density at radius 1 is 1.37 bits per heavy atom. The van der Waals surface area contributed by atoms with Crippen LogP contribution in [0.15, 0.2) is 24.3 Å². The standard InChI is InChI=1S/C15H23ClN2O/c1-11(17)15(12-5-7-13(16)8-6-12)18-9-3-4-14(10-18)19-2/h5-8,11,14-15H,3-4,9-10,17H2,1-2H3. The fourth-order valence-corrected chi connectivity index (χ4v) is 3.04. The first-order valence-corrected chi connectivity index (χ1v) is 7.27. The van der Waals surface area contributed by atoms with E-state index in [0.717, 1.165) is 31.0 Å². The van der Waals surface area contributed by atoms with Crippen molar-refractivity contribution >= 4 is 11.6 Å². The summed E-state index contributed by atoms with van der Waals surface area (Å²) >= 11 is 5.96. The van der Waals surface area contributed by atoms with E-state index in [1.54, 1.807) is 7.11 Å². The molecular formula is C15H23ClN2O. The van der Waals surface area contributed by atoms with Crippen LogP contribution < -0.4 is 5.73 Å². The molecule has 3 nitrogen and oxygen atoms in total. The molecule has 1 fully saturated rings. The van der Waals surface area contributed by atoms with Gasteiger partial charge in [-0.05, 0) is 44.0 Å². The van der Waals surface area contributed by atoms with Gasteiger partial charge in [-0.25, -0.2) is 0 Å². The topological polar surface area (TPSA) is 38.5 Å². The van der Waals surface area contributed by atoms with E-state index in [0.29, 0.717) is 6.10 Å². The second kappa shape index (κ2) is 6.71. The van der Waals surface area contributed by atoms with Gasteiger partial charge >= 0.3 is 0 Å². The highest BCUT2D eigenvalue weighted by Gasteiger charge is 2.29. The molecule has 2 N–H and O–H groups in total. The summed E-state index contributed by atoms with van der Waals surface area (Å²) < 4.78 is 5.50. The summed E-state index contributed by atoms with van der Waals surface area (Å²) in [5.41, 5.74) is 7.44. The molecule has 19 heavy (non-hydrogen) atoms. The molecule has 4 heteroatoms. The summed E-state index contributed by atoms with van der Waals surface area (Å²) in [7, 11) is 1.79. The molecule has 1 aliphatic rings. The molecule has 0 radical (unpaired) electrons. The van der Waals surface area contributed by atoms with Crippen LogP contribution in [0.1, 0.15) is 31.4 Å². The minimum atomic E-state index is 0.0804. The van der Waals surface area contributed by atoms with Crippen molar-refractivity contribution in [2.75, 3.05) is 20.2 Å². The van der Waals surface area contributed by atoms with Gasteiger partial charge in [-0.2, -0.15) is 0 Å². The van der Waals surface area contributed by atoms with E-state index in [1.807, 2.05) is 12.1 Å². The molecule has 0 aromatic heterocycles. The number of benzene rings is 1. The first-order chi connectivity index (χ1) is 9.11. The summed E-state index contributed by atoms with van der Waals surface area (Å²) in [4.78, 5) is 2.44. The summed E-state index contributed by atoms with van der Waals surface area (Å²) in [6.45, 7) is 4.09. The van der Waals surface area contributed by atoms with Gasteiger partial charge in [0.25, 0.3) is 0 Å². The van der Waals surface area contributed by atoms with Crippen LogP contribution >= 0.6 is 11.6 Å². The lowest BCUT2D eigenvalue weighted by Crippen LogP contribution is -2.46. The fraction of sp³-hybridized carbons (Fsp3) is 0.600. The molecule has 1 aliphatic heterocycles. The van der Waals surface area contributed by atoms with Crippen molar-refractivity contribution in [3.05, 3.63) is 34.9 Å². The highest BCUT2D eigenvalue weighted by atomic mass is 35.5. The van der Waals surface area contributed by atoms with Crippen molar-refractivity contribution in [1.82, 2.24) is 4.90 Å². The zero-order chi connectivity index (χ0) is 13.8.